The van der Waals surface area contributed by atoms with Crippen molar-refractivity contribution in [2.24, 2.45) is 0 Å². The number of aromatic nitrogens is 2. The second-order valence-corrected chi connectivity index (χ2v) is 4.42. The van der Waals surface area contributed by atoms with Crippen molar-refractivity contribution in [1.29, 1.82) is 0 Å². The van der Waals surface area contributed by atoms with E-state index in [2.05, 4.69) is 10.4 Å². The maximum atomic E-state index is 9.46. The van der Waals surface area contributed by atoms with Gasteiger partial charge in [-0.15, -0.1) is 0 Å². The molecule has 4 heteroatoms. The lowest BCUT2D eigenvalue weighted by Gasteiger charge is -2.39. The van der Waals surface area contributed by atoms with Gasteiger partial charge in [0.1, 0.15) is 0 Å². The Morgan fingerprint density at radius 3 is 3.13 bits per heavy atom. The number of aliphatic hydroxyl groups is 1. The van der Waals surface area contributed by atoms with Crippen LogP contribution < -0.4 is 5.32 Å². The van der Waals surface area contributed by atoms with Gasteiger partial charge in [-0.25, -0.2) is 0 Å². The van der Waals surface area contributed by atoms with Gasteiger partial charge in [0.15, 0.2) is 0 Å². The topological polar surface area (TPSA) is 50.1 Å². The third kappa shape index (κ3) is 2.06. The number of nitrogens with one attached hydrogen (secondary N) is 1. The number of rotatable bonds is 3. The van der Waals surface area contributed by atoms with E-state index in [1.807, 2.05) is 30.2 Å². The van der Waals surface area contributed by atoms with Crippen LogP contribution in [0, 0.1) is 0 Å². The van der Waals surface area contributed by atoms with Crippen LogP contribution in [0.5, 0.6) is 0 Å². The van der Waals surface area contributed by atoms with Crippen LogP contribution in [0.4, 0.5) is 0 Å². The number of likely N-dealkylation sites (N-methyl/N-ethyl adjacent to an activating group) is 1. The molecule has 0 bridgehead atoms. The maximum absolute atomic E-state index is 9.46. The van der Waals surface area contributed by atoms with Crippen molar-refractivity contribution in [2.75, 3.05) is 13.7 Å². The Labute approximate surface area is 90.3 Å². The van der Waals surface area contributed by atoms with Crippen LogP contribution in [0.15, 0.2) is 18.5 Å². The minimum absolute atomic E-state index is 0.102. The summed E-state index contributed by atoms with van der Waals surface area (Å²) >= 11 is 0. The van der Waals surface area contributed by atoms with Crippen LogP contribution in [0.2, 0.25) is 0 Å². The minimum Gasteiger partial charge on any atom is -0.394 e. The van der Waals surface area contributed by atoms with E-state index in [1.165, 1.54) is 0 Å². The zero-order valence-electron chi connectivity index (χ0n) is 9.19. The summed E-state index contributed by atoms with van der Waals surface area (Å²) in [6.07, 6.45) is 8.14. The van der Waals surface area contributed by atoms with E-state index in [-0.39, 0.29) is 12.1 Å². The predicted octanol–water partition coefficient (Wildman–Crippen LogP) is 0.949. The molecule has 0 amide bonds. The molecule has 2 N–H and O–H groups in total. The largest absolute Gasteiger partial charge is 0.394 e. The van der Waals surface area contributed by atoms with Crippen LogP contribution >= 0.6 is 0 Å². The molecule has 0 spiro atoms. The Morgan fingerprint density at radius 2 is 2.53 bits per heavy atom. The molecule has 1 fully saturated rings. The fraction of sp³-hybridized carbons (Fsp3) is 0.727. The Morgan fingerprint density at radius 1 is 1.67 bits per heavy atom. The fourth-order valence-electron chi connectivity index (χ4n) is 2.50. The summed E-state index contributed by atoms with van der Waals surface area (Å²) < 4.78 is 2.01. The van der Waals surface area contributed by atoms with Gasteiger partial charge in [0.25, 0.3) is 0 Å². The SMILES string of the molecule is CNC1(CO)CCCC(n2cccn2)C1. The number of nitrogens with zero attached hydrogens (tertiary/aromatic N) is 2. The van der Waals surface area contributed by atoms with E-state index in [4.69, 9.17) is 0 Å². The highest BCUT2D eigenvalue weighted by molar-refractivity contribution is 4.95. The van der Waals surface area contributed by atoms with Gasteiger partial charge in [0, 0.05) is 17.9 Å². The molecule has 4 nitrogen and oxygen atoms in total. The van der Waals surface area contributed by atoms with Crippen molar-refractivity contribution < 1.29 is 5.11 Å². The van der Waals surface area contributed by atoms with Crippen molar-refractivity contribution in [1.82, 2.24) is 15.1 Å². The lowest BCUT2D eigenvalue weighted by molar-refractivity contribution is 0.101. The first-order chi connectivity index (χ1) is 7.29. The van der Waals surface area contributed by atoms with E-state index in [0.29, 0.717) is 6.04 Å². The van der Waals surface area contributed by atoms with Crippen molar-refractivity contribution in [3.05, 3.63) is 18.5 Å². The molecule has 0 aliphatic heterocycles. The Bertz CT molecular complexity index is 293. The Hall–Kier alpha value is -0.870. The van der Waals surface area contributed by atoms with E-state index >= 15 is 0 Å². The molecular weight excluding hydrogens is 190 g/mol. The average Bonchev–Trinajstić information content (AvgIpc) is 2.82. The van der Waals surface area contributed by atoms with Crippen LogP contribution in [0.1, 0.15) is 31.7 Å². The smallest absolute Gasteiger partial charge is 0.0614 e. The van der Waals surface area contributed by atoms with Gasteiger partial charge in [-0.2, -0.15) is 5.10 Å². The number of hydrogen-bond acceptors (Lipinski definition) is 3. The molecular formula is C11H19N3O. The van der Waals surface area contributed by atoms with Crippen molar-refractivity contribution in [3.63, 3.8) is 0 Å². The van der Waals surface area contributed by atoms with Crippen molar-refractivity contribution >= 4 is 0 Å². The molecule has 0 radical (unpaired) electrons. The highest BCUT2D eigenvalue weighted by atomic mass is 16.3. The third-order valence-corrected chi connectivity index (χ3v) is 3.55. The molecule has 1 heterocycles. The summed E-state index contributed by atoms with van der Waals surface area (Å²) in [5.74, 6) is 0. The monoisotopic (exact) mass is 209 g/mol. The van der Waals surface area contributed by atoms with Crippen LogP contribution in [0.3, 0.4) is 0 Å². The molecule has 0 aromatic carbocycles. The summed E-state index contributed by atoms with van der Waals surface area (Å²) in [4.78, 5) is 0. The Balaban J connectivity index is 2.10. The lowest BCUT2D eigenvalue weighted by atomic mass is 9.79. The first kappa shape index (κ1) is 10.6. The van der Waals surface area contributed by atoms with Gasteiger partial charge in [-0.3, -0.25) is 4.68 Å². The number of aliphatic hydroxyl groups excluding tert-OH is 1. The third-order valence-electron chi connectivity index (χ3n) is 3.55. The molecule has 1 aromatic heterocycles. The summed E-state index contributed by atoms with van der Waals surface area (Å²) in [5.41, 5.74) is -0.102. The van der Waals surface area contributed by atoms with Gasteiger partial charge < -0.3 is 10.4 Å². The predicted molar refractivity (Wildman–Crippen MR) is 58.6 cm³/mol. The number of hydrogen-bond donors (Lipinski definition) is 2. The van der Waals surface area contributed by atoms with Crippen molar-refractivity contribution in [3.8, 4) is 0 Å². The lowest BCUT2D eigenvalue weighted by Crippen LogP contribution is -2.50. The van der Waals surface area contributed by atoms with Crippen molar-refractivity contribution in [2.45, 2.75) is 37.3 Å². The summed E-state index contributed by atoms with van der Waals surface area (Å²) in [6.45, 7) is 0.210. The van der Waals surface area contributed by atoms with E-state index in [9.17, 15) is 5.11 Å². The highest BCUT2D eigenvalue weighted by Crippen LogP contribution is 2.34. The van der Waals surface area contributed by atoms with Gasteiger partial charge in [0.2, 0.25) is 0 Å². The Kier molecular flexibility index (Phi) is 3.07. The molecule has 15 heavy (non-hydrogen) atoms. The molecule has 1 saturated carbocycles. The molecule has 2 atom stereocenters. The van der Waals surface area contributed by atoms with Crippen LogP contribution in [0.25, 0.3) is 0 Å². The standard InChI is InChI=1S/C11H19N3O/c1-12-11(9-15)5-2-4-10(8-11)14-7-3-6-13-14/h3,6-7,10,12,15H,2,4-5,8-9H2,1H3. The van der Waals surface area contributed by atoms with E-state index in [0.717, 1.165) is 25.7 Å². The van der Waals surface area contributed by atoms with Gasteiger partial charge in [0.05, 0.1) is 12.6 Å². The summed E-state index contributed by atoms with van der Waals surface area (Å²) in [5, 5.41) is 17.0. The van der Waals surface area contributed by atoms with Gasteiger partial charge >= 0.3 is 0 Å². The molecule has 84 valence electrons. The molecule has 1 aliphatic rings. The molecule has 1 aliphatic carbocycles. The van der Waals surface area contributed by atoms with Crippen LogP contribution in [-0.2, 0) is 0 Å². The molecule has 2 rings (SSSR count). The zero-order valence-corrected chi connectivity index (χ0v) is 9.19. The zero-order chi connectivity index (χ0) is 10.7. The first-order valence-corrected chi connectivity index (χ1v) is 5.58. The summed E-state index contributed by atoms with van der Waals surface area (Å²) in [6, 6.07) is 2.38. The normalized spacial score (nSPS) is 31.7. The average molecular weight is 209 g/mol. The van der Waals surface area contributed by atoms with E-state index < -0.39 is 0 Å². The molecule has 2 unspecified atom stereocenters. The molecule has 1 aromatic rings. The minimum atomic E-state index is -0.102. The van der Waals surface area contributed by atoms with Gasteiger partial charge in [-0.05, 0) is 38.8 Å². The molecule has 0 saturated heterocycles. The quantitative estimate of drug-likeness (QED) is 0.779. The fourth-order valence-corrected chi connectivity index (χ4v) is 2.50. The van der Waals surface area contributed by atoms with Crippen LogP contribution in [-0.4, -0.2) is 34.1 Å². The first-order valence-electron chi connectivity index (χ1n) is 5.58. The maximum Gasteiger partial charge on any atom is 0.0614 e. The highest BCUT2D eigenvalue weighted by Gasteiger charge is 2.35. The summed E-state index contributed by atoms with van der Waals surface area (Å²) in [7, 11) is 1.93. The second-order valence-electron chi connectivity index (χ2n) is 4.42. The van der Waals surface area contributed by atoms with Gasteiger partial charge in [-0.1, -0.05) is 0 Å². The second kappa shape index (κ2) is 4.33. The van der Waals surface area contributed by atoms with E-state index in [1.54, 1.807) is 0 Å².